The predicted octanol–water partition coefficient (Wildman–Crippen LogP) is 0.694. The highest BCUT2D eigenvalue weighted by Crippen LogP contribution is 2.12. The molecule has 6 nitrogen and oxygen atoms in total. The van der Waals surface area contributed by atoms with Gasteiger partial charge in [-0.2, -0.15) is 0 Å². The van der Waals surface area contributed by atoms with Crippen LogP contribution in [0.2, 0.25) is 0 Å². The summed E-state index contributed by atoms with van der Waals surface area (Å²) in [6.45, 7) is 0.779. The molecular weight excluding hydrogens is 260 g/mol. The lowest BCUT2D eigenvalue weighted by atomic mass is 10.1. The van der Waals surface area contributed by atoms with Gasteiger partial charge in [-0.3, -0.25) is 9.90 Å². The van der Waals surface area contributed by atoms with Crippen molar-refractivity contribution in [1.29, 1.82) is 0 Å². The first-order valence-electron chi connectivity index (χ1n) is 6.59. The lowest BCUT2D eigenvalue weighted by molar-refractivity contribution is -0.142. The zero-order valence-electron chi connectivity index (χ0n) is 11.0. The molecule has 0 unspecified atom stereocenters. The van der Waals surface area contributed by atoms with E-state index in [0.29, 0.717) is 5.56 Å². The number of nitrogens with one attached hydrogen (secondary N) is 2. The van der Waals surface area contributed by atoms with Gasteiger partial charge in [0.1, 0.15) is 6.04 Å². The van der Waals surface area contributed by atoms with Crippen LogP contribution >= 0.6 is 0 Å². The second kappa shape index (κ2) is 6.38. The third kappa shape index (κ3) is 3.71. The summed E-state index contributed by atoms with van der Waals surface area (Å²) in [5, 5.41) is 25.8. The molecule has 1 aromatic rings. The maximum absolute atomic E-state index is 11.9. The fourth-order valence-electron chi connectivity index (χ4n) is 2.24. The Morgan fingerprint density at radius 2 is 2.05 bits per heavy atom. The molecule has 1 heterocycles. The predicted molar refractivity (Wildman–Crippen MR) is 70.9 cm³/mol. The van der Waals surface area contributed by atoms with Crippen LogP contribution in [0.5, 0.6) is 5.75 Å². The van der Waals surface area contributed by atoms with E-state index >= 15 is 0 Å². The number of carbonyl (C=O) groups excluding carboxylic acids is 1. The number of amides is 1. The van der Waals surface area contributed by atoms with Crippen LogP contribution < -0.4 is 10.6 Å². The first-order valence-corrected chi connectivity index (χ1v) is 6.59. The van der Waals surface area contributed by atoms with Crippen molar-refractivity contribution in [1.82, 2.24) is 10.6 Å². The highest BCUT2D eigenvalue weighted by molar-refractivity contribution is 5.87. The smallest absolute Gasteiger partial charge is 0.326 e. The minimum absolute atomic E-state index is 0.125. The van der Waals surface area contributed by atoms with Crippen molar-refractivity contribution in [2.45, 2.75) is 31.3 Å². The second-order valence-electron chi connectivity index (χ2n) is 4.90. The second-order valence-corrected chi connectivity index (χ2v) is 4.90. The molecule has 1 amide bonds. The fraction of sp³-hybridized carbons (Fsp3) is 0.429. The van der Waals surface area contributed by atoms with Crippen molar-refractivity contribution >= 4 is 11.9 Å². The Bertz CT molecular complexity index is 480. The molecule has 0 saturated carbocycles. The fourth-order valence-corrected chi connectivity index (χ4v) is 2.24. The average molecular weight is 277 g/mol. The van der Waals surface area contributed by atoms with Crippen LogP contribution in [-0.2, 0) is 21.1 Å². The van der Waals surface area contributed by atoms with Gasteiger partial charge in [-0.05, 0) is 37.1 Å². The molecule has 0 aliphatic carbocycles. The highest BCUT2D eigenvalue weighted by atomic mass is 16.4. The molecule has 1 aliphatic rings. The minimum Gasteiger partial charge on any atom is -0.480 e. The van der Waals surface area contributed by atoms with Gasteiger partial charge >= 0.3 is 5.97 Å². The van der Waals surface area contributed by atoms with E-state index in [9.17, 15) is 19.8 Å². The number of carboxylic acids is 1. The highest BCUT2D eigenvalue weighted by Gasteiger charge is 2.27. The van der Waals surface area contributed by atoms with Crippen LogP contribution in [0, 0.1) is 0 Å². The van der Waals surface area contributed by atoms with Gasteiger partial charge in [-0.25, -0.2) is 4.79 Å². The van der Waals surface area contributed by atoms with Crippen molar-refractivity contribution in [3.63, 3.8) is 0 Å². The largest absolute Gasteiger partial charge is 0.480 e. The molecule has 0 aromatic heterocycles. The van der Waals surface area contributed by atoms with Gasteiger partial charge in [0, 0.05) is 6.42 Å². The number of hydrogen-bond acceptors (Lipinski definition) is 3. The van der Waals surface area contributed by atoms with Gasteiger partial charge in [0.2, 0.25) is 5.91 Å². The van der Waals surface area contributed by atoms with Crippen molar-refractivity contribution < 1.29 is 19.8 Å². The third-order valence-corrected chi connectivity index (χ3v) is 3.35. The average Bonchev–Trinajstić information content (AvgIpc) is 2.94. The molecule has 1 saturated heterocycles. The van der Waals surface area contributed by atoms with Crippen LogP contribution in [0.4, 0.5) is 0 Å². The van der Waals surface area contributed by atoms with Crippen LogP contribution in [0.15, 0.2) is 24.3 Å². The van der Waals surface area contributed by atoms with E-state index in [-0.39, 0.29) is 24.1 Å². The zero-order chi connectivity index (χ0) is 14.5. The maximum atomic E-state index is 11.9. The summed E-state index contributed by atoms with van der Waals surface area (Å²) in [4.78, 5) is 23.1. The van der Waals surface area contributed by atoms with Crippen molar-refractivity contribution in [3.8, 4) is 5.75 Å². The number of carboxylic acid groups (broad SMARTS) is 1. The molecule has 1 radical (unpaired) electrons. The monoisotopic (exact) mass is 277 g/mol. The van der Waals surface area contributed by atoms with E-state index in [1.807, 2.05) is 0 Å². The van der Waals surface area contributed by atoms with Crippen molar-refractivity contribution in [2.75, 3.05) is 6.54 Å². The number of hydrogen-bond donors (Lipinski definition) is 3. The molecule has 2 atom stereocenters. The molecule has 3 N–H and O–H groups in total. The molecule has 107 valence electrons. The third-order valence-electron chi connectivity index (χ3n) is 3.35. The summed E-state index contributed by atoms with van der Waals surface area (Å²) in [5.41, 5.74) is 0.705. The standard InChI is InChI=1S/C14H17N2O4/c17-10-5-3-9(4-6-10)8-12(14(19)20)16-13(18)11-2-1-7-15-11/h3-6,11-12,15H,1-2,7-8H2,(H,16,18)(H,19,20)/t11-,12-/m0/s1. The van der Waals surface area contributed by atoms with Crippen molar-refractivity contribution in [3.05, 3.63) is 29.8 Å². The summed E-state index contributed by atoms with van der Waals surface area (Å²) in [6, 6.07) is 4.64. The van der Waals surface area contributed by atoms with Gasteiger partial charge in [0.15, 0.2) is 5.75 Å². The van der Waals surface area contributed by atoms with E-state index in [1.165, 1.54) is 12.1 Å². The Morgan fingerprint density at radius 1 is 1.35 bits per heavy atom. The molecule has 1 aliphatic heterocycles. The van der Waals surface area contributed by atoms with E-state index in [4.69, 9.17) is 0 Å². The molecule has 0 spiro atoms. The van der Waals surface area contributed by atoms with Crippen LogP contribution in [0.1, 0.15) is 18.4 Å². The Morgan fingerprint density at radius 3 is 2.60 bits per heavy atom. The molecular formula is C14H17N2O4. The molecule has 2 rings (SSSR count). The van der Waals surface area contributed by atoms with Gasteiger partial charge in [-0.15, -0.1) is 0 Å². The minimum atomic E-state index is -1.08. The summed E-state index contributed by atoms with van der Waals surface area (Å²) in [6.07, 6.45) is 1.80. The van der Waals surface area contributed by atoms with Crippen LogP contribution in [0.25, 0.3) is 0 Å². The van der Waals surface area contributed by atoms with Crippen molar-refractivity contribution in [2.24, 2.45) is 0 Å². The molecule has 6 heteroatoms. The van der Waals surface area contributed by atoms with Gasteiger partial charge in [-0.1, -0.05) is 12.1 Å². The maximum Gasteiger partial charge on any atom is 0.326 e. The lowest BCUT2D eigenvalue weighted by Gasteiger charge is -2.17. The summed E-state index contributed by atoms with van der Waals surface area (Å²) >= 11 is 0. The molecule has 1 fully saturated rings. The molecule has 1 aromatic carbocycles. The number of aliphatic carboxylic acids is 1. The van der Waals surface area contributed by atoms with E-state index < -0.39 is 12.0 Å². The molecule has 20 heavy (non-hydrogen) atoms. The first-order chi connectivity index (χ1) is 9.56. The van der Waals surface area contributed by atoms with Crippen LogP contribution in [-0.4, -0.2) is 35.6 Å². The lowest BCUT2D eigenvalue weighted by Crippen LogP contribution is -2.49. The van der Waals surface area contributed by atoms with E-state index in [1.54, 1.807) is 12.1 Å². The van der Waals surface area contributed by atoms with E-state index in [0.717, 1.165) is 19.4 Å². The SMILES string of the molecule is [O]c1ccc(C[C@H](NC(=O)[C@@H]2CCCN2)C(=O)O)cc1. The topological polar surface area (TPSA) is 98.3 Å². The first kappa shape index (κ1) is 14.3. The summed E-state index contributed by atoms with van der Waals surface area (Å²) in [7, 11) is 0. The van der Waals surface area contributed by atoms with Crippen LogP contribution in [0.3, 0.4) is 0 Å². The Labute approximate surface area is 116 Å². The molecule has 0 bridgehead atoms. The van der Waals surface area contributed by atoms with E-state index in [2.05, 4.69) is 10.6 Å². The summed E-state index contributed by atoms with van der Waals surface area (Å²) in [5.74, 6) is -1.49. The summed E-state index contributed by atoms with van der Waals surface area (Å²) < 4.78 is 0. The Hall–Kier alpha value is -2.08. The Kier molecular flexibility index (Phi) is 4.57. The number of rotatable bonds is 5. The van der Waals surface area contributed by atoms with Gasteiger partial charge in [0.25, 0.3) is 0 Å². The van der Waals surface area contributed by atoms with Gasteiger partial charge in [0.05, 0.1) is 6.04 Å². The number of benzene rings is 1. The Balaban J connectivity index is 1.98. The quantitative estimate of drug-likeness (QED) is 0.737. The van der Waals surface area contributed by atoms with Gasteiger partial charge < -0.3 is 15.7 Å². The number of carbonyl (C=O) groups is 2. The normalized spacial score (nSPS) is 19.5. The zero-order valence-corrected chi connectivity index (χ0v) is 11.0.